The molecule has 10 heteroatoms. The third kappa shape index (κ3) is 5.76. The molecule has 0 aliphatic heterocycles. The molecule has 0 aliphatic carbocycles. The lowest BCUT2D eigenvalue weighted by molar-refractivity contribution is 0.0573. The highest BCUT2D eigenvalue weighted by Crippen LogP contribution is 2.30. The van der Waals surface area contributed by atoms with Crippen LogP contribution in [0.2, 0.25) is 0 Å². The summed E-state index contributed by atoms with van der Waals surface area (Å²) in [5.74, 6) is -1.38. The van der Waals surface area contributed by atoms with Crippen LogP contribution in [0.25, 0.3) is 11.1 Å². The van der Waals surface area contributed by atoms with E-state index in [-0.39, 0.29) is 23.4 Å². The zero-order valence-electron chi connectivity index (χ0n) is 22.1. The number of hydrogen-bond acceptors (Lipinski definition) is 7. The number of aromatic hydroxyl groups is 1. The highest BCUT2D eigenvalue weighted by atomic mass is 32.2. The van der Waals surface area contributed by atoms with Crippen LogP contribution in [-0.4, -0.2) is 34.2 Å². The van der Waals surface area contributed by atoms with Gasteiger partial charge in [-0.05, 0) is 62.6 Å². The molecule has 0 fully saturated rings. The van der Waals surface area contributed by atoms with Gasteiger partial charge in [0.2, 0.25) is 21.7 Å². The Labute approximate surface area is 226 Å². The molecule has 2 aromatic carbocycles. The van der Waals surface area contributed by atoms with Crippen molar-refractivity contribution >= 4 is 9.84 Å². The van der Waals surface area contributed by atoms with Crippen LogP contribution in [0.5, 0.6) is 5.88 Å². The Kier molecular flexibility index (Phi) is 8.27. The lowest BCUT2D eigenvalue weighted by atomic mass is 10.0. The van der Waals surface area contributed by atoms with Crippen LogP contribution in [-0.2, 0) is 21.2 Å². The summed E-state index contributed by atoms with van der Waals surface area (Å²) in [6.45, 7) is 7.08. The first-order valence-corrected chi connectivity index (χ1v) is 14.0. The molecule has 0 saturated carbocycles. The molecule has 0 radical (unpaired) electrons. The predicted octanol–water partition coefficient (Wildman–Crippen LogP) is 5.22. The number of aromatic nitrogens is 3. The van der Waals surface area contributed by atoms with Crippen LogP contribution in [0, 0.1) is 12.9 Å². The van der Waals surface area contributed by atoms with Crippen LogP contribution < -0.4 is 5.56 Å². The van der Waals surface area contributed by atoms with Crippen LogP contribution in [0.3, 0.4) is 0 Å². The molecule has 0 bridgehead atoms. The molecular formula is C29H30FN3O5S. The summed E-state index contributed by atoms with van der Waals surface area (Å²) < 4.78 is 47.8. The van der Waals surface area contributed by atoms with Crippen molar-refractivity contribution in [3.05, 3.63) is 100 Å². The summed E-state index contributed by atoms with van der Waals surface area (Å²) in [5, 5.41) is 10.8. The summed E-state index contributed by atoms with van der Waals surface area (Å²) in [6.07, 6.45) is 0.278. The zero-order valence-corrected chi connectivity index (χ0v) is 22.9. The van der Waals surface area contributed by atoms with Gasteiger partial charge in [0.15, 0.2) is 4.90 Å². The predicted molar refractivity (Wildman–Crippen MR) is 145 cm³/mol. The molecule has 4 aromatic rings. The second kappa shape index (κ2) is 11.5. The summed E-state index contributed by atoms with van der Waals surface area (Å²) >= 11 is 0. The quantitative estimate of drug-likeness (QED) is 0.284. The Morgan fingerprint density at radius 3 is 2.26 bits per heavy atom. The number of hydrogen-bond donors (Lipinski definition) is 1. The minimum absolute atomic E-state index is 0.0934. The van der Waals surface area contributed by atoms with Crippen molar-refractivity contribution < 1.29 is 22.7 Å². The van der Waals surface area contributed by atoms with Gasteiger partial charge in [-0.3, -0.25) is 9.36 Å². The van der Waals surface area contributed by atoms with E-state index in [4.69, 9.17) is 4.74 Å². The molecule has 0 amide bonds. The van der Waals surface area contributed by atoms with E-state index in [1.165, 1.54) is 22.8 Å². The topological polar surface area (TPSA) is 111 Å². The highest BCUT2D eigenvalue weighted by molar-refractivity contribution is 7.91. The van der Waals surface area contributed by atoms with Gasteiger partial charge in [-0.1, -0.05) is 49.4 Å². The zero-order chi connectivity index (χ0) is 28.3. The summed E-state index contributed by atoms with van der Waals surface area (Å²) in [6, 6.07) is 17.2. The number of aryl methyl sites for hydroxylation is 1. The van der Waals surface area contributed by atoms with E-state index >= 15 is 0 Å². The molecule has 2 heterocycles. The van der Waals surface area contributed by atoms with Crippen LogP contribution in [0.1, 0.15) is 50.3 Å². The van der Waals surface area contributed by atoms with Crippen LogP contribution in [0.4, 0.5) is 4.39 Å². The number of ether oxygens (including phenoxy) is 1. The van der Waals surface area contributed by atoms with Crippen molar-refractivity contribution in [2.75, 3.05) is 0 Å². The van der Waals surface area contributed by atoms with E-state index < -0.39 is 38.2 Å². The molecule has 39 heavy (non-hydrogen) atoms. The van der Waals surface area contributed by atoms with Crippen molar-refractivity contribution in [1.29, 1.82) is 0 Å². The average Bonchev–Trinajstić information content (AvgIpc) is 2.89. The molecule has 1 atom stereocenters. The lowest BCUT2D eigenvalue weighted by Crippen LogP contribution is -2.34. The minimum atomic E-state index is -4.47. The van der Waals surface area contributed by atoms with Gasteiger partial charge in [0, 0.05) is 11.3 Å². The number of rotatable bonds is 9. The van der Waals surface area contributed by atoms with Gasteiger partial charge in [0.25, 0.3) is 5.56 Å². The standard InChI is InChI=1S/C29H30FN3O5S/c1-5-24(21-9-7-6-8-10-21)33-26(17-38-18(2)3)32-28(34)27(29(33)35)39(36,37)22-13-11-20(12-14-22)23-15-16-25(30)31-19(23)4/h6-16,18,24,34H,5,17H2,1-4H3. The van der Waals surface area contributed by atoms with Gasteiger partial charge in [0.05, 0.1) is 17.0 Å². The van der Waals surface area contributed by atoms with Gasteiger partial charge >= 0.3 is 0 Å². The van der Waals surface area contributed by atoms with Crippen molar-refractivity contribution in [2.45, 2.75) is 62.7 Å². The maximum Gasteiger partial charge on any atom is 0.277 e. The van der Waals surface area contributed by atoms with E-state index in [9.17, 15) is 22.7 Å². The molecule has 0 saturated heterocycles. The normalized spacial score (nSPS) is 12.6. The molecule has 8 nitrogen and oxygen atoms in total. The van der Waals surface area contributed by atoms with Crippen molar-refractivity contribution in [1.82, 2.24) is 14.5 Å². The van der Waals surface area contributed by atoms with Gasteiger partial charge in [0.1, 0.15) is 12.4 Å². The average molecular weight is 552 g/mol. The molecule has 1 unspecified atom stereocenters. The van der Waals surface area contributed by atoms with E-state index in [0.29, 0.717) is 23.2 Å². The van der Waals surface area contributed by atoms with Gasteiger partial charge < -0.3 is 9.84 Å². The molecule has 0 aliphatic rings. The number of halogens is 1. The second-order valence-electron chi connectivity index (χ2n) is 9.35. The summed E-state index contributed by atoms with van der Waals surface area (Å²) in [4.78, 5) is 20.8. The molecule has 204 valence electrons. The number of benzene rings is 2. The monoisotopic (exact) mass is 551 g/mol. The Hall–Kier alpha value is -3.89. The smallest absolute Gasteiger partial charge is 0.277 e. The Balaban J connectivity index is 1.85. The Morgan fingerprint density at radius 2 is 1.67 bits per heavy atom. The van der Waals surface area contributed by atoms with Gasteiger partial charge in [-0.15, -0.1) is 0 Å². The first-order chi connectivity index (χ1) is 18.5. The third-order valence-corrected chi connectivity index (χ3v) is 8.14. The molecular weight excluding hydrogens is 521 g/mol. The molecule has 0 spiro atoms. The van der Waals surface area contributed by atoms with Crippen molar-refractivity contribution in [3.63, 3.8) is 0 Å². The SMILES string of the molecule is CCC(c1ccccc1)n1c(COC(C)C)nc(O)c(S(=O)(=O)c2ccc(-c3ccc(F)nc3C)cc2)c1=O. The Bertz CT molecular complexity index is 1640. The Morgan fingerprint density at radius 1 is 1.00 bits per heavy atom. The van der Waals surface area contributed by atoms with E-state index in [2.05, 4.69) is 9.97 Å². The molecule has 2 aromatic heterocycles. The first-order valence-electron chi connectivity index (χ1n) is 12.5. The molecule has 1 N–H and O–H groups in total. The minimum Gasteiger partial charge on any atom is -0.492 e. The fourth-order valence-electron chi connectivity index (χ4n) is 4.46. The van der Waals surface area contributed by atoms with Gasteiger partial charge in [-0.25, -0.2) is 13.4 Å². The number of sulfone groups is 1. The second-order valence-corrected chi connectivity index (χ2v) is 11.2. The fourth-order valence-corrected chi connectivity index (χ4v) is 5.80. The first kappa shape index (κ1) is 28.1. The van der Waals surface area contributed by atoms with Crippen LogP contribution in [0.15, 0.2) is 81.3 Å². The third-order valence-electron chi connectivity index (χ3n) is 6.35. The fraction of sp³-hybridized carbons (Fsp3) is 0.276. The summed E-state index contributed by atoms with van der Waals surface area (Å²) in [5.41, 5.74) is 1.60. The summed E-state index contributed by atoms with van der Waals surface area (Å²) in [7, 11) is -4.47. The molecule has 4 rings (SSSR count). The maximum atomic E-state index is 13.9. The van der Waals surface area contributed by atoms with Gasteiger partial charge in [-0.2, -0.15) is 9.37 Å². The van der Waals surface area contributed by atoms with E-state index in [0.717, 1.165) is 5.56 Å². The number of nitrogens with zero attached hydrogens (tertiary/aromatic N) is 3. The highest BCUT2D eigenvalue weighted by Gasteiger charge is 2.31. The van der Waals surface area contributed by atoms with Crippen molar-refractivity contribution in [3.8, 4) is 17.0 Å². The number of pyridine rings is 1. The van der Waals surface area contributed by atoms with E-state index in [1.807, 2.05) is 51.1 Å². The lowest BCUT2D eigenvalue weighted by Gasteiger charge is -2.23. The largest absolute Gasteiger partial charge is 0.492 e. The van der Waals surface area contributed by atoms with E-state index in [1.54, 1.807) is 25.1 Å². The van der Waals surface area contributed by atoms with Crippen molar-refractivity contribution in [2.24, 2.45) is 0 Å². The maximum absolute atomic E-state index is 13.9. The van der Waals surface area contributed by atoms with Crippen LogP contribution >= 0.6 is 0 Å².